The van der Waals surface area contributed by atoms with Crippen molar-refractivity contribution in [1.29, 1.82) is 0 Å². The van der Waals surface area contributed by atoms with Crippen LogP contribution in [0.4, 0.5) is 0 Å². The summed E-state index contributed by atoms with van der Waals surface area (Å²) in [7, 11) is 0. The molecule has 1 saturated heterocycles. The molecule has 3 fully saturated rings. The van der Waals surface area contributed by atoms with Crippen molar-refractivity contribution in [2.24, 2.45) is 11.7 Å². The van der Waals surface area contributed by atoms with Gasteiger partial charge in [0.25, 0.3) is 0 Å². The van der Waals surface area contributed by atoms with Crippen LogP contribution in [0.25, 0.3) is 0 Å². The first-order valence-corrected chi connectivity index (χ1v) is 7.33. The minimum atomic E-state index is 0.413. The molecule has 92 valence electrons. The number of nitrogens with two attached hydrogens (primary N) is 1. The van der Waals surface area contributed by atoms with E-state index < -0.39 is 0 Å². The zero-order valence-corrected chi connectivity index (χ0v) is 10.5. The monoisotopic (exact) mass is 222 g/mol. The first-order chi connectivity index (χ1) is 7.86. The quantitative estimate of drug-likeness (QED) is 0.778. The van der Waals surface area contributed by atoms with Crippen molar-refractivity contribution in [3.63, 3.8) is 0 Å². The molecular weight excluding hydrogens is 196 g/mol. The summed E-state index contributed by atoms with van der Waals surface area (Å²) in [5, 5.41) is 0. The molecular formula is C14H26N2. The maximum Gasteiger partial charge on any atom is 0.0334 e. The van der Waals surface area contributed by atoms with Crippen LogP contribution in [0.5, 0.6) is 0 Å². The van der Waals surface area contributed by atoms with Gasteiger partial charge in [0.1, 0.15) is 0 Å². The van der Waals surface area contributed by atoms with Gasteiger partial charge < -0.3 is 5.73 Å². The van der Waals surface area contributed by atoms with Gasteiger partial charge in [-0.05, 0) is 44.6 Å². The van der Waals surface area contributed by atoms with Crippen LogP contribution in [0.3, 0.4) is 0 Å². The van der Waals surface area contributed by atoms with E-state index in [0.717, 1.165) is 18.5 Å². The minimum Gasteiger partial charge on any atom is -0.329 e. The second-order valence-corrected chi connectivity index (χ2v) is 6.23. The number of hydrogen-bond donors (Lipinski definition) is 1. The molecule has 0 aromatic heterocycles. The lowest BCUT2D eigenvalue weighted by Crippen LogP contribution is -2.55. The van der Waals surface area contributed by atoms with Crippen molar-refractivity contribution in [3.05, 3.63) is 0 Å². The summed E-state index contributed by atoms with van der Waals surface area (Å²) in [5.41, 5.74) is 6.54. The van der Waals surface area contributed by atoms with Gasteiger partial charge in [-0.15, -0.1) is 0 Å². The van der Waals surface area contributed by atoms with Crippen LogP contribution in [0.15, 0.2) is 0 Å². The normalized spacial score (nSPS) is 38.8. The Labute approximate surface area is 99.6 Å². The fourth-order valence-corrected chi connectivity index (χ4v) is 4.64. The first-order valence-electron chi connectivity index (χ1n) is 7.33. The molecule has 2 nitrogen and oxygen atoms in total. The summed E-state index contributed by atoms with van der Waals surface area (Å²) in [6, 6.07) is 0.899. The van der Waals surface area contributed by atoms with Crippen molar-refractivity contribution in [3.8, 4) is 0 Å². The van der Waals surface area contributed by atoms with Crippen molar-refractivity contribution in [1.82, 2.24) is 4.90 Å². The van der Waals surface area contributed by atoms with Gasteiger partial charge in [0, 0.05) is 18.1 Å². The van der Waals surface area contributed by atoms with Crippen molar-refractivity contribution in [2.45, 2.75) is 69.4 Å². The molecule has 2 saturated carbocycles. The molecule has 2 aliphatic carbocycles. The lowest BCUT2D eigenvalue weighted by Gasteiger charge is -2.44. The molecule has 0 aromatic rings. The molecule has 0 radical (unpaired) electrons. The minimum absolute atomic E-state index is 0.413. The van der Waals surface area contributed by atoms with E-state index in [1.54, 1.807) is 0 Å². The van der Waals surface area contributed by atoms with Crippen LogP contribution in [0.1, 0.15) is 57.8 Å². The van der Waals surface area contributed by atoms with Crippen LogP contribution in [0, 0.1) is 5.92 Å². The predicted octanol–water partition coefficient (Wildman–Crippen LogP) is 2.52. The summed E-state index contributed by atoms with van der Waals surface area (Å²) in [6.07, 6.45) is 12.9. The molecule has 0 aromatic carbocycles. The SMILES string of the molecule is NCC1(N2CCC3CCCCC32)CCCC1. The van der Waals surface area contributed by atoms with Gasteiger partial charge in [0.2, 0.25) is 0 Å². The van der Waals surface area contributed by atoms with Gasteiger partial charge in [-0.2, -0.15) is 0 Å². The highest BCUT2D eigenvalue weighted by atomic mass is 15.3. The molecule has 2 N–H and O–H groups in total. The van der Waals surface area contributed by atoms with E-state index in [2.05, 4.69) is 4.90 Å². The standard InChI is InChI=1S/C14H26N2/c15-11-14(8-3-4-9-14)16-10-7-12-5-1-2-6-13(12)16/h12-13H,1-11,15H2. The van der Waals surface area contributed by atoms with E-state index in [4.69, 9.17) is 5.73 Å². The maximum atomic E-state index is 6.13. The van der Waals surface area contributed by atoms with Crippen LogP contribution >= 0.6 is 0 Å². The van der Waals surface area contributed by atoms with Gasteiger partial charge in [-0.25, -0.2) is 0 Å². The third kappa shape index (κ3) is 1.62. The smallest absolute Gasteiger partial charge is 0.0334 e. The Morgan fingerprint density at radius 3 is 2.50 bits per heavy atom. The molecule has 3 rings (SSSR count). The molecule has 1 heterocycles. The van der Waals surface area contributed by atoms with Crippen LogP contribution in [0.2, 0.25) is 0 Å². The van der Waals surface area contributed by atoms with Crippen molar-refractivity contribution >= 4 is 0 Å². The topological polar surface area (TPSA) is 29.3 Å². The molecule has 16 heavy (non-hydrogen) atoms. The Morgan fingerprint density at radius 2 is 1.75 bits per heavy atom. The van der Waals surface area contributed by atoms with E-state index >= 15 is 0 Å². The Balaban J connectivity index is 1.78. The van der Waals surface area contributed by atoms with Gasteiger partial charge in [-0.3, -0.25) is 4.90 Å². The van der Waals surface area contributed by atoms with E-state index in [0.29, 0.717) is 5.54 Å². The van der Waals surface area contributed by atoms with Gasteiger partial charge in [0.15, 0.2) is 0 Å². The van der Waals surface area contributed by atoms with Gasteiger partial charge in [-0.1, -0.05) is 25.7 Å². The average molecular weight is 222 g/mol. The van der Waals surface area contributed by atoms with E-state index in [-0.39, 0.29) is 0 Å². The number of likely N-dealkylation sites (tertiary alicyclic amines) is 1. The zero-order valence-electron chi connectivity index (χ0n) is 10.5. The maximum absolute atomic E-state index is 6.13. The largest absolute Gasteiger partial charge is 0.329 e. The Morgan fingerprint density at radius 1 is 1.00 bits per heavy atom. The molecule has 1 aliphatic heterocycles. The fourth-order valence-electron chi connectivity index (χ4n) is 4.64. The van der Waals surface area contributed by atoms with Crippen LogP contribution in [-0.2, 0) is 0 Å². The van der Waals surface area contributed by atoms with Crippen molar-refractivity contribution in [2.75, 3.05) is 13.1 Å². The van der Waals surface area contributed by atoms with Gasteiger partial charge >= 0.3 is 0 Å². The number of nitrogens with zero attached hydrogens (tertiary/aromatic N) is 1. The summed E-state index contributed by atoms with van der Waals surface area (Å²) >= 11 is 0. The Kier molecular flexibility index (Phi) is 2.97. The third-order valence-electron chi connectivity index (χ3n) is 5.53. The highest BCUT2D eigenvalue weighted by Gasteiger charge is 2.47. The zero-order chi connectivity index (χ0) is 11.0. The highest BCUT2D eigenvalue weighted by Crippen LogP contribution is 2.44. The molecule has 0 amide bonds. The summed E-state index contributed by atoms with van der Waals surface area (Å²) in [5.74, 6) is 1.01. The van der Waals surface area contributed by atoms with Crippen molar-refractivity contribution < 1.29 is 0 Å². The Hall–Kier alpha value is -0.0800. The number of rotatable bonds is 2. The average Bonchev–Trinajstić information content (AvgIpc) is 2.96. The summed E-state index contributed by atoms with van der Waals surface area (Å²) in [4.78, 5) is 2.85. The summed E-state index contributed by atoms with van der Waals surface area (Å²) in [6.45, 7) is 2.24. The van der Waals surface area contributed by atoms with E-state index in [9.17, 15) is 0 Å². The second-order valence-electron chi connectivity index (χ2n) is 6.23. The molecule has 2 unspecified atom stereocenters. The molecule has 3 aliphatic rings. The third-order valence-corrected chi connectivity index (χ3v) is 5.53. The van der Waals surface area contributed by atoms with Crippen LogP contribution in [-0.4, -0.2) is 29.6 Å². The van der Waals surface area contributed by atoms with E-state index in [1.807, 2.05) is 0 Å². The molecule has 0 spiro atoms. The molecule has 2 atom stereocenters. The number of fused-ring (bicyclic) bond motifs is 1. The summed E-state index contributed by atoms with van der Waals surface area (Å²) < 4.78 is 0. The molecule has 0 bridgehead atoms. The number of hydrogen-bond acceptors (Lipinski definition) is 2. The first kappa shape index (κ1) is 11.0. The lowest BCUT2D eigenvalue weighted by atomic mass is 9.83. The van der Waals surface area contributed by atoms with Crippen LogP contribution < -0.4 is 5.73 Å². The van der Waals surface area contributed by atoms with E-state index in [1.165, 1.54) is 64.3 Å². The Bertz CT molecular complexity index is 245. The predicted molar refractivity (Wildman–Crippen MR) is 67.3 cm³/mol. The second kappa shape index (κ2) is 4.30. The lowest BCUT2D eigenvalue weighted by molar-refractivity contribution is 0.0588. The van der Waals surface area contributed by atoms with Gasteiger partial charge in [0.05, 0.1) is 0 Å². The molecule has 2 heteroatoms. The fraction of sp³-hybridized carbons (Fsp3) is 1.00. The highest BCUT2D eigenvalue weighted by molar-refractivity contribution is 5.03.